The maximum atomic E-state index is 13.7. The van der Waals surface area contributed by atoms with E-state index in [2.05, 4.69) is 4.85 Å². The Labute approximate surface area is 121 Å². The van der Waals surface area contributed by atoms with Gasteiger partial charge in [0.15, 0.2) is 46.5 Å². The van der Waals surface area contributed by atoms with Gasteiger partial charge in [-0.25, -0.2) is 44.4 Å². The molecule has 0 N–H and O–H groups in total. The van der Waals surface area contributed by atoms with E-state index in [1.165, 1.54) is 0 Å². The summed E-state index contributed by atoms with van der Waals surface area (Å²) in [5, 5.41) is 0. The normalized spacial score (nSPS) is 10.8. The molecule has 0 spiro atoms. The number of hydrogen-bond acceptors (Lipinski definition) is 0. The van der Waals surface area contributed by atoms with E-state index in [4.69, 9.17) is 6.57 Å². The molecule has 23 heavy (non-hydrogen) atoms. The molecule has 0 heterocycles. The first kappa shape index (κ1) is 16.7. The lowest BCUT2D eigenvalue weighted by Gasteiger charge is -2.12. The van der Waals surface area contributed by atoms with Crippen molar-refractivity contribution in [2.24, 2.45) is 0 Å². The van der Waals surface area contributed by atoms with Crippen molar-refractivity contribution in [3.8, 4) is 11.1 Å². The fourth-order valence-corrected chi connectivity index (χ4v) is 1.76. The van der Waals surface area contributed by atoms with Gasteiger partial charge in [-0.3, -0.25) is 0 Å². The maximum Gasteiger partial charge on any atom is 0.262 e. The molecular formula is C13F9N. The number of hydrogen-bond donors (Lipinski definition) is 0. The van der Waals surface area contributed by atoms with Crippen molar-refractivity contribution in [1.82, 2.24) is 0 Å². The van der Waals surface area contributed by atoms with E-state index in [0.717, 1.165) is 0 Å². The average molecular weight is 341 g/mol. The van der Waals surface area contributed by atoms with Gasteiger partial charge in [0.2, 0.25) is 5.82 Å². The van der Waals surface area contributed by atoms with Gasteiger partial charge < -0.3 is 0 Å². The molecule has 0 aliphatic heterocycles. The Morgan fingerprint density at radius 2 is 0.696 bits per heavy atom. The van der Waals surface area contributed by atoms with Crippen molar-refractivity contribution in [3.63, 3.8) is 0 Å². The number of nitrogens with zero attached hydrogens (tertiary/aromatic N) is 1. The molecule has 2 aromatic rings. The number of rotatable bonds is 1. The Kier molecular flexibility index (Phi) is 3.98. The third kappa shape index (κ3) is 2.19. The molecule has 0 radical (unpaired) electrons. The summed E-state index contributed by atoms with van der Waals surface area (Å²) in [7, 11) is 0. The number of halogens is 9. The van der Waals surface area contributed by atoms with Crippen molar-refractivity contribution in [2.75, 3.05) is 0 Å². The molecule has 0 bridgehead atoms. The topological polar surface area (TPSA) is 4.36 Å². The van der Waals surface area contributed by atoms with Crippen molar-refractivity contribution >= 4 is 5.69 Å². The summed E-state index contributed by atoms with van der Waals surface area (Å²) in [5.74, 6) is -22.7. The van der Waals surface area contributed by atoms with Crippen LogP contribution in [0.5, 0.6) is 0 Å². The zero-order valence-corrected chi connectivity index (χ0v) is 10.3. The van der Waals surface area contributed by atoms with Gasteiger partial charge in [0.05, 0.1) is 17.7 Å². The molecule has 120 valence electrons. The van der Waals surface area contributed by atoms with Crippen LogP contribution in [0.15, 0.2) is 0 Å². The molecular weight excluding hydrogens is 341 g/mol. The fraction of sp³-hybridized carbons (Fsp3) is 0. The molecule has 0 atom stereocenters. The average Bonchev–Trinajstić information content (AvgIpc) is 2.53. The lowest BCUT2D eigenvalue weighted by atomic mass is 10.0. The fourth-order valence-electron chi connectivity index (χ4n) is 1.76. The molecule has 0 amide bonds. The van der Waals surface area contributed by atoms with E-state index in [-0.39, 0.29) is 0 Å². The molecule has 0 saturated heterocycles. The summed E-state index contributed by atoms with van der Waals surface area (Å²) in [6.45, 7) is 6.37. The third-order valence-corrected chi connectivity index (χ3v) is 2.81. The molecule has 10 heteroatoms. The van der Waals surface area contributed by atoms with Crippen LogP contribution in [0.25, 0.3) is 16.0 Å². The smallest absolute Gasteiger partial charge is 0.232 e. The Morgan fingerprint density at radius 1 is 0.435 bits per heavy atom. The van der Waals surface area contributed by atoms with Crippen LogP contribution in [0.2, 0.25) is 0 Å². The molecule has 2 aromatic carbocycles. The van der Waals surface area contributed by atoms with Crippen LogP contribution in [0.4, 0.5) is 45.2 Å². The van der Waals surface area contributed by atoms with Gasteiger partial charge in [0, 0.05) is 0 Å². The first-order valence-corrected chi connectivity index (χ1v) is 5.40. The maximum absolute atomic E-state index is 13.7. The summed E-state index contributed by atoms with van der Waals surface area (Å²) in [4.78, 5) is 2.14. The monoisotopic (exact) mass is 341 g/mol. The van der Waals surface area contributed by atoms with Gasteiger partial charge in [-0.15, -0.1) is 0 Å². The van der Waals surface area contributed by atoms with Crippen LogP contribution in [-0.4, -0.2) is 0 Å². The van der Waals surface area contributed by atoms with Crippen molar-refractivity contribution in [3.05, 3.63) is 63.8 Å². The molecule has 0 unspecified atom stereocenters. The summed E-state index contributed by atoms with van der Waals surface area (Å²) in [6, 6.07) is 0. The minimum absolute atomic E-state index is 1.77. The van der Waals surface area contributed by atoms with Crippen LogP contribution in [0, 0.1) is 58.9 Å². The van der Waals surface area contributed by atoms with Crippen LogP contribution in [0.3, 0.4) is 0 Å². The lowest BCUT2D eigenvalue weighted by Crippen LogP contribution is -2.08. The highest BCUT2D eigenvalue weighted by atomic mass is 19.2. The zero-order chi connectivity index (χ0) is 17.6. The summed E-state index contributed by atoms with van der Waals surface area (Å²) in [5.41, 5.74) is -6.11. The number of benzene rings is 2. The molecule has 2 rings (SSSR count). The van der Waals surface area contributed by atoms with Gasteiger partial charge in [0.1, 0.15) is 0 Å². The molecule has 0 fully saturated rings. The second-order valence-electron chi connectivity index (χ2n) is 4.04. The molecule has 0 aliphatic carbocycles. The molecule has 0 aromatic heterocycles. The second kappa shape index (κ2) is 5.49. The standard InChI is InChI=1S/C13F9N/c1-23-13-11(21)6(16)3(7(17)12(13)22)2-4(14)8(18)10(20)9(19)5(2)15. The molecule has 0 saturated carbocycles. The van der Waals surface area contributed by atoms with Gasteiger partial charge in [0.25, 0.3) is 5.69 Å². The summed E-state index contributed by atoms with van der Waals surface area (Å²) in [6.07, 6.45) is 0. The predicted octanol–water partition coefficient (Wildman–Crippen LogP) is 5.16. The van der Waals surface area contributed by atoms with E-state index in [1.807, 2.05) is 0 Å². The predicted molar refractivity (Wildman–Crippen MR) is 57.8 cm³/mol. The van der Waals surface area contributed by atoms with E-state index in [0.29, 0.717) is 0 Å². The van der Waals surface area contributed by atoms with E-state index in [9.17, 15) is 39.5 Å². The van der Waals surface area contributed by atoms with Crippen molar-refractivity contribution < 1.29 is 39.5 Å². The highest BCUT2D eigenvalue weighted by Crippen LogP contribution is 2.39. The minimum atomic E-state index is -2.65. The van der Waals surface area contributed by atoms with Gasteiger partial charge in [-0.2, -0.15) is 0 Å². The third-order valence-electron chi connectivity index (χ3n) is 2.81. The van der Waals surface area contributed by atoms with Crippen molar-refractivity contribution in [2.45, 2.75) is 0 Å². The summed E-state index contributed by atoms with van der Waals surface area (Å²) < 4.78 is 120. The molecule has 0 aliphatic rings. The van der Waals surface area contributed by atoms with Gasteiger partial charge >= 0.3 is 0 Å². The van der Waals surface area contributed by atoms with Gasteiger partial charge in [-0.1, -0.05) is 0 Å². The van der Waals surface area contributed by atoms with E-state index >= 15 is 0 Å². The minimum Gasteiger partial charge on any atom is -0.232 e. The SMILES string of the molecule is [C-]#[N+]c1c(F)c(F)c(-c2c(F)c(F)c(F)c(F)c2F)c(F)c1F. The van der Waals surface area contributed by atoms with Crippen molar-refractivity contribution in [1.29, 1.82) is 0 Å². The first-order chi connectivity index (χ1) is 10.6. The van der Waals surface area contributed by atoms with Crippen LogP contribution in [-0.2, 0) is 0 Å². The van der Waals surface area contributed by atoms with Gasteiger partial charge in [-0.05, 0) is 0 Å². The Hall–Kier alpha value is -2.70. The largest absolute Gasteiger partial charge is 0.262 e. The molecule has 1 nitrogen and oxygen atoms in total. The zero-order valence-electron chi connectivity index (χ0n) is 10.3. The Morgan fingerprint density at radius 3 is 1.00 bits per heavy atom. The highest BCUT2D eigenvalue weighted by molar-refractivity contribution is 5.70. The summed E-state index contributed by atoms with van der Waals surface area (Å²) >= 11 is 0. The van der Waals surface area contributed by atoms with Crippen LogP contribution in [0.1, 0.15) is 0 Å². The Balaban J connectivity index is 3.05. The van der Waals surface area contributed by atoms with Crippen LogP contribution >= 0.6 is 0 Å². The highest BCUT2D eigenvalue weighted by Gasteiger charge is 2.34. The lowest BCUT2D eigenvalue weighted by molar-refractivity contribution is 0.379. The van der Waals surface area contributed by atoms with E-state index in [1.54, 1.807) is 0 Å². The first-order valence-electron chi connectivity index (χ1n) is 5.40. The Bertz CT molecular complexity index is 824. The van der Waals surface area contributed by atoms with Crippen LogP contribution < -0.4 is 0 Å². The second-order valence-corrected chi connectivity index (χ2v) is 4.04. The quantitative estimate of drug-likeness (QED) is 0.292. The van der Waals surface area contributed by atoms with E-state index < -0.39 is 69.2 Å².